The van der Waals surface area contributed by atoms with Crippen molar-refractivity contribution < 1.29 is 4.74 Å². The molecule has 1 aromatic heterocycles. The zero-order valence-electron chi connectivity index (χ0n) is 7.10. The fraction of sp³-hybridized carbons (Fsp3) is 0.500. The summed E-state index contributed by atoms with van der Waals surface area (Å²) in [4.78, 5) is 7.73. The van der Waals surface area contributed by atoms with Crippen LogP contribution in [0.15, 0.2) is 18.7 Å². The first-order valence-electron chi connectivity index (χ1n) is 3.92. The smallest absolute Gasteiger partial charge is 0.115 e. The van der Waals surface area contributed by atoms with Gasteiger partial charge in [0.05, 0.1) is 12.6 Å². The normalized spacial score (nSPS) is 12.8. The Labute approximate surface area is 71.8 Å². The Kier molecular flexibility index (Phi) is 3.63. The molecule has 0 spiro atoms. The highest BCUT2D eigenvalue weighted by atomic mass is 16.5. The average Bonchev–Trinajstić information content (AvgIpc) is 2.15. The highest BCUT2D eigenvalue weighted by molar-refractivity contribution is 5.07. The van der Waals surface area contributed by atoms with E-state index in [0.29, 0.717) is 13.2 Å². The first-order valence-corrected chi connectivity index (χ1v) is 3.92. The Morgan fingerprint density at radius 3 is 2.75 bits per heavy atom. The van der Waals surface area contributed by atoms with Gasteiger partial charge in [-0.25, -0.2) is 9.97 Å². The van der Waals surface area contributed by atoms with Gasteiger partial charge in [0, 0.05) is 24.6 Å². The highest BCUT2D eigenvalue weighted by Crippen LogP contribution is 2.06. The summed E-state index contributed by atoms with van der Waals surface area (Å²) in [6.45, 7) is 3.14. The van der Waals surface area contributed by atoms with Crippen molar-refractivity contribution in [3.05, 3.63) is 24.3 Å². The van der Waals surface area contributed by atoms with Gasteiger partial charge in [0.2, 0.25) is 0 Å². The van der Waals surface area contributed by atoms with Gasteiger partial charge < -0.3 is 10.5 Å². The third-order valence-electron chi connectivity index (χ3n) is 1.51. The van der Waals surface area contributed by atoms with Gasteiger partial charge in [0.15, 0.2) is 0 Å². The molecule has 1 rings (SSSR count). The Morgan fingerprint density at radius 1 is 1.50 bits per heavy atom. The molecule has 66 valence electrons. The van der Waals surface area contributed by atoms with E-state index in [2.05, 4.69) is 9.97 Å². The zero-order valence-corrected chi connectivity index (χ0v) is 7.10. The van der Waals surface area contributed by atoms with Gasteiger partial charge >= 0.3 is 0 Å². The van der Waals surface area contributed by atoms with Crippen LogP contribution in [-0.2, 0) is 4.74 Å². The molecule has 0 saturated carbocycles. The lowest BCUT2D eigenvalue weighted by Crippen LogP contribution is -2.17. The van der Waals surface area contributed by atoms with E-state index in [1.165, 1.54) is 6.33 Å². The fourth-order valence-electron chi connectivity index (χ4n) is 0.843. The van der Waals surface area contributed by atoms with E-state index in [-0.39, 0.29) is 6.04 Å². The predicted octanol–water partition coefficient (Wildman–Crippen LogP) is 0.513. The average molecular weight is 167 g/mol. The van der Waals surface area contributed by atoms with Crippen LogP contribution < -0.4 is 5.73 Å². The van der Waals surface area contributed by atoms with Crippen molar-refractivity contribution in [2.75, 3.05) is 13.2 Å². The largest absolute Gasteiger partial charge is 0.380 e. The molecule has 1 atom stereocenters. The molecule has 4 heteroatoms. The molecule has 0 aromatic carbocycles. The maximum absolute atomic E-state index is 5.78. The fourth-order valence-corrected chi connectivity index (χ4v) is 0.843. The standard InChI is InChI=1S/C8H13N3O/c1-2-12-5-8(9)7-3-10-6-11-4-7/h3-4,6,8H,2,5,9H2,1H3. The second-order valence-electron chi connectivity index (χ2n) is 2.44. The van der Waals surface area contributed by atoms with E-state index in [1.807, 2.05) is 6.92 Å². The minimum absolute atomic E-state index is 0.119. The number of nitrogens with zero attached hydrogens (tertiary/aromatic N) is 2. The summed E-state index contributed by atoms with van der Waals surface area (Å²) in [5.41, 5.74) is 6.68. The van der Waals surface area contributed by atoms with Crippen molar-refractivity contribution in [2.45, 2.75) is 13.0 Å². The Morgan fingerprint density at radius 2 is 2.17 bits per heavy atom. The van der Waals surface area contributed by atoms with Crippen LogP contribution in [0.4, 0.5) is 0 Å². The van der Waals surface area contributed by atoms with Crippen LogP contribution in [0.1, 0.15) is 18.5 Å². The maximum Gasteiger partial charge on any atom is 0.115 e. The monoisotopic (exact) mass is 167 g/mol. The lowest BCUT2D eigenvalue weighted by molar-refractivity contribution is 0.133. The third-order valence-corrected chi connectivity index (χ3v) is 1.51. The van der Waals surface area contributed by atoms with Crippen LogP contribution in [0, 0.1) is 0 Å². The van der Waals surface area contributed by atoms with E-state index < -0.39 is 0 Å². The summed E-state index contributed by atoms with van der Waals surface area (Å²) in [5, 5.41) is 0. The minimum atomic E-state index is -0.119. The van der Waals surface area contributed by atoms with E-state index in [9.17, 15) is 0 Å². The number of hydrogen-bond donors (Lipinski definition) is 1. The molecule has 0 aliphatic carbocycles. The molecular weight excluding hydrogens is 154 g/mol. The van der Waals surface area contributed by atoms with Crippen LogP contribution in [0.25, 0.3) is 0 Å². The van der Waals surface area contributed by atoms with E-state index in [0.717, 1.165) is 5.56 Å². The summed E-state index contributed by atoms with van der Waals surface area (Å²) in [6, 6.07) is -0.119. The number of ether oxygens (including phenoxy) is 1. The minimum Gasteiger partial charge on any atom is -0.380 e. The molecule has 0 aliphatic rings. The van der Waals surface area contributed by atoms with Crippen molar-refractivity contribution in [3.8, 4) is 0 Å². The van der Waals surface area contributed by atoms with Crippen molar-refractivity contribution in [1.29, 1.82) is 0 Å². The third kappa shape index (κ3) is 2.56. The predicted molar refractivity (Wildman–Crippen MR) is 45.5 cm³/mol. The van der Waals surface area contributed by atoms with E-state index in [4.69, 9.17) is 10.5 Å². The number of aromatic nitrogens is 2. The first kappa shape index (κ1) is 9.09. The number of hydrogen-bond acceptors (Lipinski definition) is 4. The summed E-state index contributed by atoms with van der Waals surface area (Å²) < 4.78 is 5.17. The van der Waals surface area contributed by atoms with Crippen molar-refractivity contribution >= 4 is 0 Å². The maximum atomic E-state index is 5.78. The molecule has 4 nitrogen and oxygen atoms in total. The quantitative estimate of drug-likeness (QED) is 0.709. The van der Waals surface area contributed by atoms with Gasteiger partial charge in [-0.05, 0) is 6.92 Å². The second-order valence-corrected chi connectivity index (χ2v) is 2.44. The number of nitrogens with two attached hydrogens (primary N) is 1. The summed E-state index contributed by atoms with van der Waals surface area (Å²) in [5.74, 6) is 0. The SMILES string of the molecule is CCOCC(N)c1cncnc1. The number of rotatable bonds is 4. The first-order chi connectivity index (χ1) is 5.84. The Balaban J connectivity index is 2.48. The molecule has 1 aromatic rings. The van der Waals surface area contributed by atoms with Gasteiger partial charge in [-0.3, -0.25) is 0 Å². The highest BCUT2D eigenvalue weighted by Gasteiger charge is 2.04. The van der Waals surface area contributed by atoms with Crippen LogP contribution in [0.5, 0.6) is 0 Å². The van der Waals surface area contributed by atoms with Gasteiger partial charge in [0.25, 0.3) is 0 Å². The summed E-state index contributed by atoms with van der Waals surface area (Å²) in [7, 11) is 0. The molecule has 0 amide bonds. The zero-order chi connectivity index (χ0) is 8.81. The van der Waals surface area contributed by atoms with Crippen LogP contribution in [-0.4, -0.2) is 23.2 Å². The summed E-state index contributed by atoms with van der Waals surface area (Å²) in [6.07, 6.45) is 4.89. The molecule has 1 heterocycles. The topological polar surface area (TPSA) is 61.0 Å². The Hall–Kier alpha value is -1.00. The molecule has 12 heavy (non-hydrogen) atoms. The van der Waals surface area contributed by atoms with Crippen LogP contribution in [0.3, 0.4) is 0 Å². The lowest BCUT2D eigenvalue weighted by atomic mass is 10.2. The molecular formula is C8H13N3O. The van der Waals surface area contributed by atoms with Crippen molar-refractivity contribution in [2.24, 2.45) is 5.73 Å². The molecule has 0 radical (unpaired) electrons. The van der Waals surface area contributed by atoms with Gasteiger partial charge in [-0.2, -0.15) is 0 Å². The Bertz CT molecular complexity index is 215. The van der Waals surface area contributed by atoms with E-state index >= 15 is 0 Å². The van der Waals surface area contributed by atoms with Gasteiger partial charge in [-0.1, -0.05) is 0 Å². The van der Waals surface area contributed by atoms with Crippen LogP contribution in [0.2, 0.25) is 0 Å². The molecule has 0 fully saturated rings. The van der Waals surface area contributed by atoms with Crippen molar-refractivity contribution in [3.63, 3.8) is 0 Å². The van der Waals surface area contributed by atoms with E-state index in [1.54, 1.807) is 12.4 Å². The molecule has 0 saturated heterocycles. The van der Waals surface area contributed by atoms with Gasteiger partial charge in [-0.15, -0.1) is 0 Å². The molecule has 0 bridgehead atoms. The molecule has 0 aliphatic heterocycles. The molecule has 2 N–H and O–H groups in total. The van der Waals surface area contributed by atoms with Crippen molar-refractivity contribution in [1.82, 2.24) is 9.97 Å². The van der Waals surface area contributed by atoms with Gasteiger partial charge in [0.1, 0.15) is 6.33 Å². The van der Waals surface area contributed by atoms with Crippen LogP contribution >= 0.6 is 0 Å². The summed E-state index contributed by atoms with van der Waals surface area (Å²) >= 11 is 0. The molecule has 1 unspecified atom stereocenters. The second kappa shape index (κ2) is 4.79. The lowest BCUT2D eigenvalue weighted by Gasteiger charge is -2.09.